The fraction of sp³-hybridized carbons (Fsp3) is 0.421. The molecule has 5 rings (SSSR count). The molecule has 1 aromatic heterocycles. The second-order valence-corrected chi connectivity index (χ2v) is 7.93. The number of rotatable bonds is 4. The van der Waals surface area contributed by atoms with Gasteiger partial charge in [0.25, 0.3) is 0 Å². The summed E-state index contributed by atoms with van der Waals surface area (Å²) in [6, 6.07) is 5.43. The fourth-order valence-corrected chi connectivity index (χ4v) is 4.25. The van der Waals surface area contributed by atoms with Gasteiger partial charge in [-0.25, -0.2) is 4.98 Å². The quantitative estimate of drug-likeness (QED) is 0.875. The topological polar surface area (TPSA) is 80.8 Å². The van der Waals surface area contributed by atoms with Crippen LogP contribution in [0, 0.1) is 5.92 Å². The van der Waals surface area contributed by atoms with E-state index < -0.39 is 0 Å². The van der Waals surface area contributed by atoms with Gasteiger partial charge in [0.15, 0.2) is 16.6 Å². The number of amides is 2. The summed E-state index contributed by atoms with van der Waals surface area (Å²) in [5, 5.41) is 5.50. The third-order valence-electron chi connectivity index (χ3n) is 5.08. The standard InChI is InChI=1S/C19H19N3O4S/c23-17-7-12(18(24)21-19-20-14(10-27-19)11-1-2-11)9-22(17)13-3-4-15-16(8-13)26-6-5-25-15/h3-4,8,10-12H,1-2,5-7,9H2,(H,20,21,24). The van der Waals surface area contributed by atoms with Gasteiger partial charge in [0.1, 0.15) is 13.2 Å². The number of thiazole rings is 1. The molecular weight excluding hydrogens is 366 g/mol. The molecule has 1 aliphatic carbocycles. The molecule has 3 aliphatic rings. The Morgan fingerprint density at radius 1 is 1.22 bits per heavy atom. The molecule has 0 spiro atoms. The van der Waals surface area contributed by atoms with Crippen LogP contribution in [0.25, 0.3) is 0 Å². The predicted molar refractivity (Wildman–Crippen MR) is 101 cm³/mol. The van der Waals surface area contributed by atoms with Gasteiger partial charge in [0.05, 0.1) is 11.6 Å². The molecule has 0 bridgehead atoms. The van der Waals surface area contributed by atoms with Crippen LogP contribution in [0.1, 0.15) is 30.9 Å². The van der Waals surface area contributed by atoms with Gasteiger partial charge in [0.2, 0.25) is 11.8 Å². The minimum atomic E-state index is -0.390. The predicted octanol–water partition coefficient (Wildman–Crippen LogP) is 2.78. The minimum Gasteiger partial charge on any atom is -0.486 e. The van der Waals surface area contributed by atoms with Crippen LogP contribution in [0.15, 0.2) is 23.6 Å². The van der Waals surface area contributed by atoms with E-state index in [0.29, 0.717) is 42.3 Å². The van der Waals surface area contributed by atoms with Crippen molar-refractivity contribution >= 4 is 34.0 Å². The van der Waals surface area contributed by atoms with Gasteiger partial charge >= 0.3 is 0 Å². The largest absolute Gasteiger partial charge is 0.486 e. The third kappa shape index (κ3) is 3.25. The van der Waals surface area contributed by atoms with Crippen LogP contribution in [-0.4, -0.2) is 36.6 Å². The first-order chi connectivity index (χ1) is 13.2. The molecule has 2 aromatic rings. The molecule has 2 fully saturated rings. The molecule has 2 amide bonds. The summed E-state index contributed by atoms with van der Waals surface area (Å²) in [6.45, 7) is 1.37. The summed E-state index contributed by atoms with van der Waals surface area (Å²) in [6.07, 6.45) is 2.55. The smallest absolute Gasteiger partial charge is 0.231 e. The number of aromatic nitrogens is 1. The Bertz CT molecular complexity index is 908. The van der Waals surface area contributed by atoms with Gasteiger partial charge in [0, 0.05) is 36.0 Å². The Morgan fingerprint density at radius 2 is 2.04 bits per heavy atom. The van der Waals surface area contributed by atoms with Crippen molar-refractivity contribution in [3.05, 3.63) is 29.3 Å². The van der Waals surface area contributed by atoms with Crippen molar-refractivity contribution in [1.82, 2.24) is 4.98 Å². The van der Waals surface area contributed by atoms with E-state index >= 15 is 0 Å². The molecule has 8 heteroatoms. The number of anilines is 2. The van der Waals surface area contributed by atoms with Crippen LogP contribution in [0.2, 0.25) is 0 Å². The lowest BCUT2D eigenvalue weighted by Gasteiger charge is -2.22. The molecule has 0 radical (unpaired) electrons. The normalized spacial score (nSPS) is 21.4. The van der Waals surface area contributed by atoms with E-state index in [2.05, 4.69) is 10.3 Å². The monoisotopic (exact) mass is 385 g/mol. The Hall–Kier alpha value is -2.61. The number of hydrogen-bond donors (Lipinski definition) is 1. The molecule has 1 unspecified atom stereocenters. The van der Waals surface area contributed by atoms with E-state index in [9.17, 15) is 9.59 Å². The highest BCUT2D eigenvalue weighted by atomic mass is 32.1. The highest BCUT2D eigenvalue weighted by Crippen LogP contribution is 2.41. The number of benzene rings is 1. The highest BCUT2D eigenvalue weighted by molar-refractivity contribution is 7.13. The van der Waals surface area contributed by atoms with Gasteiger partial charge in [-0.2, -0.15) is 0 Å². The van der Waals surface area contributed by atoms with E-state index in [0.717, 1.165) is 11.4 Å². The minimum absolute atomic E-state index is 0.0652. The fourth-order valence-electron chi connectivity index (χ4n) is 3.45. The van der Waals surface area contributed by atoms with Crippen LogP contribution in [0.3, 0.4) is 0 Å². The number of carbonyl (C=O) groups is 2. The average molecular weight is 385 g/mol. The summed E-state index contributed by atoms with van der Waals surface area (Å²) >= 11 is 1.45. The maximum Gasteiger partial charge on any atom is 0.231 e. The zero-order valence-corrected chi connectivity index (χ0v) is 15.5. The first-order valence-corrected chi connectivity index (χ1v) is 10.0. The maximum absolute atomic E-state index is 12.6. The molecule has 27 heavy (non-hydrogen) atoms. The van der Waals surface area contributed by atoms with Crippen molar-refractivity contribution in [1.29, 1.82) is 0 Å². The molecule has 1 N–H and O–H groups in total. The SMILES string of the molecule is O=C(Nc1nc(C2CC2)cs1)C1CC(=O)N(c2ccc3c(c2)OCCO3)C1. The van der Waals surface area contributed by atoms with Crippen LogP contribution >= 0.6 is 11.3 Å². The number of hydrogen-bond acceptors (Lipinski definition) is 6. The zero-order chi connectivity index (χ0) is 18.4. The molecule has 1 saturated carbocycles. The first-order valence-electron chi connectivity index (χ1n) is 9.13. The summed E-state index contributed by atoms with van der Waals surface area (Å²) in [5.41, 5.74) is 1.79. The molecule has 1 atom stereocenters. The van der Waals surface area contributed by atoms with Crippen molar-refractivity contribution in [3.63, 3.8) is 0 Å². The van der Waals surface area contributed by atoms with Gasteiger partial charge in [-0.15, -0.1) is 11.3 Å². The van der Waals surface area contributed by atoms with Crippen LogP contribution in [-0.2, 0) is 9.59 Å². The van der Waals surface area contributed by atoms with Crippen molar-refractivity contribution in [3.8, 4) is 11.5 Å². The van der Waals surface area contributed by atoms with Gasteiger partial charge in [-0.1, -0.05) is 0 Å². The van der Waals surface area contributed by atoms with Gasteiger partial charge in [-0.05, 0) is 25.0 Å². The summed E-state index contributed by atoms with van der Waals surface area (Å²) in [7, 11) is 0. The molecular formula is C19H19N3O4S. The summed E-state index contributed by atoms with van der Waals surface area (Å²) < 4.78 is 11.1. The Kier molecular flexibility index (Phi) is 4.00. The maximum atomic E-state index is 12.6. The van der Waals surface area contributed by atoms with E-state index in [-0.39, 0.29) is 24.2 Å². The Morgan fingerprint density at radius 3 is 2.85 bits per heavy atom. The number of nitrogens with one attached hydrogen (secondary N) is 1. The molecule has 7 nitrogen and oxygen atoms in total. The zero-order valence-electron chi connectivity index (χ0n) is 14.6. The van der Waals surface area contributed by atoms with E-state index in [4.69, 9.17) is 9.47 Å². The second kappa shape index (κ2) is 6.53. The second-order valence-electron chi connectivity index (χ2n) is 7.07. The van der Waals surface area contributed by atoms with Crippen molar-refractivity contribution < 1.29 is 19.1 Å². The summed E-state index contributed by atoms with van der Waals surface area (Å²) in [5.74, 6) is 1.27. The Labute approximate surface area is 160 Å². The number of nitrogens with zero attached hydrogens (tertiary/aromatic N) is 2. The highest BCUT2D eigenvalue weighted by Gasteiger charge is 2.36. The number of carbonyl (C=O) groups excluding carboxylic acids is 2. The van der Waals surface area contributed by atoms with Crippen molar-refractivity contribution in [2.45, 2.75) is 25.2 Å². The molecule has 3 heterocycles. The lowest BCUT2D eigenvalue weighted by atomic mass is 10.1. The Balaban J connectivity index is 1.27. The van der Waals surface area contributed by atoms with Crippen molar-refractivity contribution in [2.75, 3.05) is 30.0 Å². The van der Waals surface area contributed by atoms with Gasteiger partial charge < -0.3 is 19.7 Å². The van der Waals surface area contributed by atoms with E-state index in [1.165, 1.54) is 24.2 Å². The van der Waals surface area contributed by atoms with Gasteiger partial charge in [-0.3, -0.25) is 9.59 Å². The van der Waals surface area contributed by atoms with Crippen LogP contribution < -0.4 is 19.7 Å². The van der Waals surface area contributed by atoms with Crippen LogP contribution in [0.4, 0.5) is 10.8 Å². The lowest BCUT2D eigenvalue weighted by molar-refractivity contribution is -0.122. The number of fused-ring (bicyclic) bond motifs is 1. The molecule has 1 saturated heterocycles. The van der Waals surface area contributed by atoms with Crippen molar-refractivity contribution in [2.24, 2.45) is 5.92 Å². The number of ether oxygens (including phenoxy) is 2. The average Bonchev–Trinajstić information content (AvgIpc) is 3.31. The van der Waals surface area contributed by atoms with E-state index in [1.54, 1.807) is 17.0 Å². The molecule has 2 aliphatic heterocycles. The molecule has 1 aromatic carbocycles. The summed E-state index contributed by atoms with van der Waals surface area (Å²) in [4.78, 5) is 31.2. The van der Waals surface area contributed by atoms with Crippen LogP contribution in [0.5, 0.6) is 11.5 Å². The third-order valence-corrected chi connectivity index (χ3v) is 5.86. The van der Waals surface area contributed by atoms with E-state index in [1.807, 2.05) is 11.4 Å². The lowest BCUT2D eigenvalue weighted by Crippen LogP contribution is -2.28. The molecule has 140 valence electrons. The first kappa shape index (κ1) is 16.6.